The van der Waals surface area contributed by atoms with Gasteiger partial charge in [0.15, 0.2) is 11.5 Å². The van der Waals surface area contributed by atoms with Gasteiger partial charge in [0.05, 0.1) is 5.02 Å². The van der Waals surface area contributed by atoms with Gasteiger partial charge in [-0.15, -0.1) is 0 Å². The van der Waals surface area contributed by atoms with E-state index in [1.54, 1.807) is 12.3 Å². The maximum atomic E-state index is 11.8. The van der Waals surface area contributed by atoms with Crippen LogP contribution in [0.4, 0.5) is 0 Å². The quantitative estimate of drug-likeness (QED) is 0.906. The van der Waals surface area contributed by atoms with E-state index >= 15 is 0 Å². The van der Waals surface area contributed by atoms with Gasteiger partial charge >= 0.3 is 0 Å². The van der Waals surface area contributed by atoms with Crippen molar-refractivity contribution in [1.29, 1.82) is 0 Å². The fourth-order valence-corrected chi connectivity index (χ4v) is 1.99. The molecule has 1 aliphatic rings. The molecule has 3 rings (SSSR count). The van der Waals surface area contributed by atoms with Gasteiger partial charge in [-0.05, 0) is 23.8 Å². The van der Waals surface area contributed by atoms with Crippen LogP contribution in [0.1, 0.15) is 16.1 Å². The zero-order chi connectivity index (χ0) is 13.2. The molecule has 2 heterocycles. The Hall–Kier alpha value is -2.14. The highest BCUT2D eigenvalue weighted by atomic mass is 35.5. The third-order valence-electron chi connectivity index (χ3n) is 2.78. The third kappa shape index (κ3) is 2.51. The number of carbonyl (C=O) groups is 1. The van der Waals surface area contributed by atoms with Crippen LogP contribution < -0.4 is 14.8 Å². The number of halogens is 1. The Kier molecular flexibility index (Phi) is 3.05. The predicted molar refractivity (Wildman–Crippen MR) is 69.5 cm³/mol. The van der Waals surface area contributed by atoms with Gasteiger partial charge < -0.3 is 19.8 Å². The second-order valence-corrected chi connectivity index (χ2v) is 4.54. The van der Waals surface area contributed by atoms with Crippen LogP contribution in [0.3, 0.4) is 0 Å². The summed E-state index contributed by atoms with van der Waals surface area (Å²) in [4.78, 5) is 14.6. The number of H-pyrrole nitrogens is 1. The fourth-order valence-electron chi connectivity index (χ4n) is 1.83. The number of benzene rings is 1. The molecule has 0 atom stereocenters. The lowest BCUT2D eigenvalue weighted by Gasteiger charge is -2.05. The van der Waals surface area contributed by atoms with Gasteiger partial charge in [0.2, 0.25) is 6.79 Å². The van der Waals surface area contributed by atoms with Gasteiger partial charge in [-0.1, -0.05) is 17.7 Å². The summed E-state index contributed by atoms with van der Waals surface area (Å²) in [5.74, 6) is 1.23. The van der Waals surface area contributed by atoms with E-state index in [2.05, 4.69) is 10.3 Å². The van der Waals surface area contributed by atoms with Crippen molar-refractivity contribution in [2.75, 3.05) is 6.79 Å². The maximum Gasteiger partial charge on any atom is 0.268 e. The van der Waals surface area contributed by atoms with Crippen LogP contribution in [-0.4, -0.2) is 17.7 Å². The van der Waals surface area contributed by atoms with Crippen LogP contribution >= 0.6 is 11.6 Å². The average molecular weight is 279 g/mol. The monoisotopic (exact) mass is 278 g/mol. The van der Waals surface area contributed by atoms with Gasteiger partial charge in [-0.25, -0.2) is 0 Å². The molecule has 0 saturated heterocycles. The van der Waals surface area contributed by atoms with E-state index in [1.807, 2.05) is 18.2 Å². The lowest BCUT2D eigenvalue weighted by Crippen LogP contribution is -2.22. The molecule has 0 spiro atoms. The predicted octanol–water partition coefficient (Wildman–Crippen LogP) is 2.33. The summed E-state index contributed by atoms with van der Waals surface area (Å²) in [6, 6.07) is 7.14. The summed E-state index contributed by atoms with van der Waals surface area (Å²) in [7, 11) is 0. The first-order valence-electron chi connectivity index (χ1n) is 5.73. The summed E-state index contributed by atoms with van der Waals surface area (Å²) in [6.07, 6.45) is 1.57. The number of hydrogen-bond acceptors (Lipinski definition) is 3. The molecule has 2 aromatic rings. The van der Waals surface area contributed by atoms with Crippen molar-refractivity contribution in [3.63, 3.8) is 0 Å². The number of ether oxygens (including phenoxy) is 2. The first-order chi connectivity index (χ1) is 9.22. The molecule has 0 unspecified atom stereocenters. The number of hydrogen-bond donors (Lipinski definition) is 2. The minimum absolute atomic E-state index is 0.204. The zero-order valence-electron chi connectivity index (χ0n) is 9.90. The van der Waals surface area contributed by atoms with Crippen LogP contribution in [0.5, 0.6) is 11.5 Å². The number of carbonyl (C=O) groups excluding carboxylic acids is 1. The molecule has 19 heavy (non-hydrogen) atoms. The van der Waals surface area contributed by atoms with Crippen molar-refractivity contribution in [3.05, 3.63) is 46.7 Å². The molecule has 0 fully saturated rings. The number of nitrogens with one attached hydrogen (secondary N) is 2. The van der Waals surface area contributed by atoms with E-state index in [1.165, 1.54) is 0 Å². The van der Waals surface area contributed by atoms with Gasteiger partial charge in [-0.2, -0.15) is 0 Å². The van der Waals surface area contributed by atoms with E-state index in [0.717, 1.165) is 11.3 Å². The van der Waals surface area contributed by atoms with Gasteiger partial charge in [0.1, 0.15) is 5.69 Å². The lowest BCUT2D eigenvalue weighted by molar-refractivity contribution is 0.0946. The van der Waals surface area contributed by atoms with Crippen LogP contribution in [0.2, 0.25) is 5.02 Å². The summed E-state index contributed by atoms with van der Waals surface area (Å²) in [5.41, 5.74) is 1.38. The summed E-state index contributed by atoms with van der Waals surface area (Å²) in [5, 5.41) is 3.30. The van der Waals surface area contributed by atoms with Gasteiger partial charge in [0.25, 0.3) is 5.91 Å². The smallest absolute Gasteiger partial charge is 0.268 e. The fraction of sp³-hybridized carbons (Fsp3) is 0.154. The number of amides is 1. The first kappa shape index (κ1) is 11.9. The lowest BCUT2D eigenvalue weighted by atomic mass is 10.2. The first-order valence-corrected chi connectivity index (χ1v) is 6.11. The number of rotatable bonds is 3. The van der Waals surface area contributed by atoms with Crippen LogP contribution in [0, 0.1) is 0 Å². The topological polar surface area (TPSA) is 63.4 Å². The zero-order valence-corrected chi connectivity index (χ0v) is 10.7. The number of aromatic nitrogens is 1. The minimum atomic E-state index is -0.204. The van der Waals surface area contributed by atoms with Crippen molar-refractivity contribution >= 4 is 17.5 Å². The Morgan fingerprint density at radius 1 is 1.32 bits per heavy atom. The van der Waals surface area contributed by atoms with Crippen molar-refractivity contribution in [1.82, 2.24) is 10.3 Å². The normalized spacial score (nSPS) is 12.5. The van der Waals surface area contributed by atoms with E-state index in [0.29, 0.717) is 23.0 Å². The average Bonchev–Trinajstić information content (AvgIpc) is 3.03. The number of aromatic amines is 1. The second-order valence-electron chi connectivity index (χ2n) is 4.10. The SMILES string of the molecule is O=C(NCc1ccc2c(c1)OCO2)c1cc(Cl)c[nH]1. The summed E-state index contributed by atoms with van der Waals surface area (Å²) < 4.78 is 10.5. The van der Waals surface area contributed by atoms with Crippen LogP contribution in [0.15, 0.2) is 30.5 Å². The van der Waals surface area contributed by atoms with Crippen molar-refractivity contribution in [2.45, 2.75) is 6.54 Å². The number of fused-ring (bicyclic) bond motifs is 1. The van der Waals surface area contributed by atoms with E-state index in [-0.39, 0.29) is 12.7 Å². The molecule has 1 aliphatic heterocycles. The van der Waals surface area contributed by atoms with Crippen LogP contribution in [0.25, 0.3) is 0 Å². The molecular formula is C13H11ClN2O3. The molecule has 98 valence electrons. The summed E-state index contributed by atoms with van der Waals surface area (Å²) >= 11 is 5.74. The highest BCUT2D eigenvalue weighted by molar-refractivity contribution is 6.30. The Labute approximate surface area is 114 Å². The maximum absolute atomic E-state index is 11.8. The molecule has 6 heteroatoms. The summed E-state index contributed by atoms with van der Waals surface area (Å²) in [6.45, 7) is 0.651. The van der Waals surface area contributed by atoms with Gasteiger partial charge in [-0.3, -0.25) is 4.79 Å². The van der Waals surface area contributed by atoms with Gasteiger partial charge in [0, 0.05) is 12.7 Å². The third-order valence-corrected chi connectivity index (χ3v) is 3.00. The molecule has 2 N–H and O–H groups in total. The van der Waals surface area contributed by atoms with Crippen LogP contribution in [-0.2, 0) is 6.54 Å². The Morgan fingerprint density at radius 3 is 2.95 bits per heavy atom. The molecule has 1 amide bonds. The van der Waals surface area contributed by atoms with E-state index in [4.69, 9.17) is 21.1 Å². The largest absolute Gasteiger partial charge is 0.454 e. The van der Waals surface area contributed by atoms with Crippen molar-refractivity contribution in [3.8, 4) is 11.5 Å². The minimum Gasteiger partial charge on any atom is -0.454 e. The highest BCUT2D eigenvalue weighted by Gasteiger charge is 2.14. The molecular weight excluding hydrogens is 268 g/mol. The molecule has 1 aromatic heterocycles. The highest BCUT2D eigenvalue weighted by Crippen LogP contribution is 2.32. The Balaban J connectivity index is 1.64. The molecule has 0 bridgehead atoms. The van der Waals surface area contributed by atoms with E-state index < -0.39 is 0 Å². The molecule has 0 saturated carbocycles. The Morgan fingerprint density at radius 2 is 2.16 bits per heavy atom. The van der Waals surface area contributed by atoms with E-state index in [9.17, 15) is 4.79 Å². The standard InChI is InChI=1S/C13H11ClN2O3/c14-9-4-10(15-6-9)13(17)16-5-8-1-2-11-12(3-8)19-7-18-11/h1-4,6,15H,5,7H2,(H,16,17). The molecule has 0 aliphatic carbocycles. The molecule has 1 aromatic carbocycles. The molecule has 5 nitrogen and oxygen atoms in total. The molecule has 0 radical (unpaired) electrons. The Bertz CT molecular complexity index is 624. The van der Waals surface area contributed by atoms with Crippen molar-refractivity contribution in [2.24, 2.45) is 0 Å². The van der Waals surface area contributed by atoms with Crippen molar-refractivity contribution < 1.29 is 14.3 Å². The second kappa shape index (κ2) is 4.85.